The number of rotatable bonds is 6. The summed E-state index contributed by atoms with van der Waals surface area (Å²) in [6.07, 6.45) is 5.36. The minimum atomic E-state index is -0.740. The molecule has 0 unspecified atom stereocenters. The van der Waals surface area contributed by atoms with Gasteiger partial charge in [0, 0.05) is 34.5 Å². The van der Waals surface area contributed by atoms with Crippen molar-refractivity contribution in [3.63, 3.8) is 0 Å². The molecule has 4 rings (SSSR count). The highest BCUT2D eigenvalue weighted by atomic mass is 35.5. The van der Waals surface area contributed by atoms with Crippen molar-refractivity contribution in [3.05, 3.63) is 124 Å². The Morgan fingerprint density at radius 2 is 1.43 bits per heavy atom. The van der Waals surface area contributed by atoms with Crippen molar-refractivity contribution in [1.82, 2.24) is 14.9 Å². The van der Waals surface area contributed by atoms with Crippen LogP contribution in [0, 0.1) is 0 Å². The van der Waals surface area contributed by atoms with Gasteiger partial charge in [0.1, 0.15) is 5.54 Å². The third-order valence-electron chi connectivity index (χ3n) is 5.13. The molecule has 0 aliphatic carbocycles. The second-order valence-corrected chi connectivity index (χ2v) is 7.77. The number of carbonyl (C=O) groups is 1. The van der Waals surface area contributed by atoms with Crippen LogP contribution in [0.2, 0.25) is 10.0 Å². The average Bonchev–Trinajstić information content (AvgIpc) is 3.32. The molecule has 4 nitrogen and oxygen atoms in total. The molecule has 30 heavy (non-hydrogen) atoms. The van der Waals surface area contributed by atoms with Crippen LogP contribution in [0.25, 0.3) is 0 Å². The molecular formula is C24H19Cl2N3O. The maximum Gasteiger partial charge on any atom is 0.251 e. The lowest BCUT2D eigenvalue weighted by atomic mass is 9.82. The van der Waals surface area contributed by atoms with Gasteiger partial charge in [0.05, 0.1) is 6.33 Å². The van der Waals surface area contributed by atoms with E-state index in [-0.39, 0.29) is 5.91 Å². The van der Waals surface area contributed by atoms with Gasteiger partial charge >= 0.3 is 0 Å². The van der Waals surface area contributed by atoms with Crippen LogP contribution in [0.15, 0.2) is 97.6 Å². The van der Waals surface area contributed by atoms with Gasteiger partial charge in [0.25, 0.3) is 5.91 Å². The molecule has 3 aromatic carbocycles. The first kappa shape index (κ1) is 20.2. The molecule has 1 amide bonds. The normalized spacial score (nSPS) is 11.3. The summed E-state index contributed by atoms with van der Waals surface area (Å²) in [6.45, 7) is 0.306. The van der Waals surface area contributed by atoms with E-state index in [0.717, 1.165) is 11.1 Å². The number of carbonyl (C=O) groups excluding carboxylic acids is 1. The fourth-order valence-corrected chi connectivity index (χ4v) is 3.85. The zero-order valence-corrected chi connectivity index (χ0v) is 17.5. The Kier molecular flexibility index (Phi) is 5.88. The third kappa shape index (κ3) is 3.97. The predicted octanol–water partition coefficient (Wildman–Crippen LogP) is 5.41. The first-order chi connectivity index (χ1) is 14.6. The van der Waals surface area contributed by atoms with Crippen molar-refractivity contribution in [1.29, 1.82) is 0 Å². The largest absolute Gasteiger partial charge is 0.349 e. The van der Waals surface area contributed by atoms with Crippen molar-refractivity contribution in [2.24, 2.45) is 0 Å². The maximum absolute atomic E-state index is 12.9. The van der Waals surface area contributed by atoms with Crippen LogP contribution in [0.4, 0.5) is 0 Å². The van der Waals surface area contributed by atoms with E-state index in [9.17, 15) is 4.79 Å². The van der Waals surface area contributed by atoms with E-state index in [0.29, 0.717) is 22.2 Å². The summed E-state index contributed by atoms with van der Waals surface area (Å²) in [5, 5.41) is 4.38. The molecule has 0 radical (unpaired) electrons. The van der Waals surface area contributed by atoms with E-state index < -0.39 is 5.54 Å². The zero-order valence-electron chi connectivity index (χ0n) is 16.0. The molecule has 0 aliphatic heterocycles. The lowest BCUT2D eigenvalue weighted by Crippen LogP contribution is -2.46. The molecule has 1 aromatic heterocycles. The topological polar surface area (TPSA) is 46.9 Å². The molecule has 0 saturated heterocycles. The van der Waals surface area contributed by atoms with E-state index in [2.05, 4.69) is 10.3 Å². The van der Waals surface area contributed by atoms with Crippen LogP contribution >= 0.6 is 23.2 Å². The number of nitrogens with zero attached hydrogens (tertiary/aromatic N) is 2. The van der Waals surface area contributed by atoms with Crippen molar-refractivity contribution >= 4 is 29.1 Å². The Labute approximate surface area is 185 Å². The molecule has 4 aromatic rings. The Hall–Kier alpha value is -3.08. The summed E-state index contributed by atoms with van der Waals surface area (Å²) in [4.78, 5) is 17.1. The van der Waals surface area contributed by atoms with Crippen LogP contribution in [0.3, 0.4) is 0 Å². The van der Waals surface area contributed by atoms with Gasteiger partial charge in [-0.3, -0.25) is 4.79 Å². The van der Waals surface area contributed by atoms with E-state index in [1.165, 1.54) is 0 Å². The first-order valence-corrected chi connectivity index (χ1v) is 10.2. The van der Waals surface area contributed by atoms with Gasteiger partial charge in [-0.2, -0.15) is 0 Å². The fourth-order valence-electron chi connectivity index (χ4n) is 3.60. The molecule has 0 spiro atoms. The van der Waals surface area contributed by atoms with Crippen LogP contribution in [-0.4, -0.2) is 22.0 Å². The summed E-state index contributed by atoms with van der Waals surface area (Å²) in [5.74, 6) is -0.150. The fraction of sp³-hybridized carbons (Fsp3) is 0.0833. The van der Waals surface area contributed by atoms with E-state index in [1.807, 2.05) is 77.5 Å². The predicted molar refractivity (Wildman–Crippen MR) is 120 cm³/mol. The third-order valence-corrected chi connectivity index (χ3v) is 5.63. The summed E-state index contributed by atoms with van der Waals surface area (Å²) in [5.41, 5.74) is 1.78. The van der Waals surface area contributed by atoms with Crippen LogP contribution in [0.5, 0.6) is 0 Å². The molecule has 6 heteroatoms. The lowest BCUT2D eigenvalue weighted by molar-refractivity contribution is 0.0943. The van der Waals surface area contributed by atoms with Crippen LogP contribution < -0.4 is 5.32 Å². The highest BCUT2D eigenvalue weighted by Gasteiger charge is 2.36. The molecular weight excluding hydrogens is 417 g/mol. The van der Waals surface area contributed by atoms with Crippen molar-refractivity contribution < 1.29 is 4.79 Å². The molecule has 1 N–H and O–H groups in total. The Morgan fingerprint density at radius 3 is 1.93 bits per heavy atom. The monoisotopic (exact) mass is 435 g/mol. The van der Waals surface area contributed by atoms with Crippen molar-refractivity contribution in [2.45, 2.75) is 5.54 Å². The number of nitrogens with one attached hydrogen (secondary N) is 1. The quantitative estimate of drug-likeness (QED) is 0.439. The Balaban J connectivity index is 1.83. The molecule has 0 bridgehead atoms. The standard InChI is InChI=1S/C24H19Cl2N3O/c25-21-10-6-19(7-11-21)24(29-15-14-27-17-29,20-8-12-22(26)13-9-20)16-28-23(30)18-4-2-1-3-5-18/h1-15,17H,16H2,(H,28,30). The van der Waals surface area contributed by atoms with Crippen LogP contribution in [0.1, 0.15) is 21.5 Å². The van der Waals surface area contributed by atoms with Crippen molar-refractivity contribution in [3.8, 4) is 0 Å². The van der Waals surface area contributed by atoms with Gasteiger partial charge < -0.3 is 9.88 Å². The smallest absolute Gasteiger partial charge is 0.251 e. The lowest BCUT2D eigenvalue weighted by Gasteiger charge is -2.37. The minimum Gasteiger partial charge on any atom is -0.349 e. The number of halogens is 2. The number of aromatic nitrogens is 2. The van der Waals surface area contributed by atoms with Gasteiger partial charge in [0.15, 0.2) is 0 Å². The molecule has 1 heterocycles. The SMILES string of the molecule is O=C(NCC(c1ccc(Cl)cc1)(c1ccc(Cl)cc1)n1ccnc1)c1ccccc1. The summed E-state index contributed by atoms with van der Waals surface area (Å²) in [6, 6.07) is 24.4. The first-order valence-electron chi connectivity index (χ1n) is 9.43. The molecule has 0 aliphatic rings. The number of amides is 1. The maximum atomic E-state index is 12.9. The second kappa shape index (κ2) is 8.74. The molecule has 0 atom stereocenters. The highest BCUT2D eigenvalue weighted by molar-refractivity contribution is 6.30. The molecule has 0 fully saturated rings. The van der Waals surface area contributed by atoms with E-state index in [4.69, 9.17) is 23.2 Å². The summed E-state index contributed by atoms with van der Waals surface area (Å²) < 4.78 is 1.99. The zero-order chi connectivity index (χ0) is 21.0. The van der Waals surface area contributed by atoms with Gasteiger partial charge in [0.2, 0.25) is 0 Å². The van der Waals surface area contributed by atoms with Gasteiger partial charge in [-0.05, 0) is 47.5 Å². The van der Waals surface area contributed by atoms with E-state index in [1.54, 1.807) is 24.7 Å². The Morgan fingerprint density at radius 1 is 0.867 bits per heavy atom. The van der Waals surface area contributed by atoms with E-state index >= 15 is 0 Å². The van der Waals surface area contributed by atoms with Gasteiger partial charge in [-0.15, -0.1) is 0 Å². The summed E-state index contributed by atoms with van der Waals surface area (Å²) in [7, 11) is 0. The molecule has 0 saturated carbocycles. The summed E-state index contributed by atoms with van der Waals surface area (Å²) >= 11 is 12.3. The minimum absolute atomic E-state index is 0.150. The average molecular weight is 436 g/mol. The van der Waals surface area contributed by atoms with Crippen LogP contribution in [-0.2, 0) is 5.54 Å². The Bertz CT molecular complexity index is 1060. The van der Waals surface area contributed by atoms with Gasteiger partial charge in [-0.25, -0.2) is 4.98 Å². The van der Waals surface area contributed by atoms with Crippen molar-refractivity contribution in [2.75, 3.05) is 6.54 Å². The number of hydrogen-bond donors (Lipinski definition) is 1. The number of hydrogen-bond acceptors (Lipinski definition) is 2. The number of benzene rings is 3. The molecule has 150 valence electrons. The highest BCUT2D eigenvalue weighted by Crippen LogP contribution is 2.35. The second-order valence-electron chi connectivity index (χ2n) is 6.89. The van der Waals surface area contributed by atoms with Gasteiger partial charge in [-0.1, -0.05) is 65.7 Å². The number of imidazole rings is 1.